The molecule has 0 amide bonds. The molecule has 0 fully saturated rings. The number of rotatable bonds is 11. The van der Waals surface area contributed by atoms with Gasteiger partial charge in [0, 0.05) is 0 Å². The standard InChI is InChI=1S/C28H43NO8/c1-17(2)25(32)34-16-18(3)35-26(33)20(29)12-19-10-11-21(36-23(30)14-27(4,5)6)22(13-19)37-24(31)15-28(7,8)9/h10-11,13,17-18,20H,12,14-16,29H2,1-9H3/t18-,20-/m0/s1. The first-order valence-electron chi connectivity index (χ1n) is 12.5. The lowest BCUT2D eigenvalue weighted by Gasteiger charge is -2.20. The Balaban J connectivity index is 2.97. The highest BCUT2D eigenvalue weighted by molar-refractivity contribution is 5.78. The Labute approximate surface area is 220 Å². The predicted octanol–water partition coefficient (Wildman–Crippen LogP) is 4.37. The van der Waals surface area contributed by atoms with Gasteiger partial charge in [0.1, 0.15) is 18.8 Å². The zero-order valence-corrected chi connectivity index (χ0v) is 23.6. The summed E-state index contributed by atoms with van der Waals surface area (Å²) in [4.78, 5) is 49.0. The topological polar surface area (TPSA) is 131 Å². The molecule has 37 heavy (non-hydrogen) atoms. The first-order valence-corrected chi connectivity index (χ1v) is 12.5. The van der Waals surface area contributed by atoms with Crippen LogP contribution in [0.5, 0.6) is 11.5 Å². The van der Waals surface area contributed by atoms with E-state index in [1.165, 1.54) is 12.1 Å². The summed E-state index contributed by atoms with van der Waals surface area (Å²) in [7, 11) is 0. The molecule has 0 aliphatic rings. The fourth-order valence-electron chi connectivity index (χ4n) is 3.05. The van der Waals surface area contributed by atoms with Crippen molar-refractivity contribution >= 4 is 23.9 Å². The third-order valence-electron chi connectivity index (χ3n) is 4.81. The Hall–Kier alpha value is -2.94. The molecule has 0 bridgehead atoms. The summed E-state index contributed by atoms with van der Waals surface area (Å²) in [6.07, 6.45) is -0.264. The molecule has 9 nitrogen and oxygen atoms in total. The average Bonchev–Trinajstić information content (AvgIpc) is 2.70. The van der Waals surface area contributed by atoms with Crippen molar-refractivity contribution < 1.29 is 38.1 Å². The zero-order valence-electron chi connectivity index (χ0n) is 23.6. The van der Waals surface area contributed by atoms with Gasteiger partial charge in [0.25, 0.3) is 0 Å². The van der Waals surface area contributed by atoms with Gasteiger partial charge in [-0.15, -0.1) is 0 Å². The minimum Gasteiger partial charge on any atom is -0.462 e. The quantitative estimate of drug-likeness (QED) is 0.333. The lowest BCUT2D eigenvalue weighted by molar-refractivity contribution is -0.160. The molecule has 0 saturated heterocycles. The monoisotopic (exact) mass is 521 g/mol. The van der Waals surface area contributed by atoms with Gasteiger partial charge < -0.3 is 24.7 Å². The maximum absolute atomic E-state index is 12.5. The van der Waals surface area contributed by atoms with Gasteiger partial charge >= 0.3 is 23.9 Å². The van der Waals surface area contributed by atoms with E-state index in [1.54, 1.807) is 26.8 Å². The second kappa shape index (κ2) is 13.6. The van der Waals surface area contributed by atoms with Gasteiger partial charge in [-0.25, -0.2) is 0 Å². The largest absolute Gasteiger partial charge is 0.462 e. The molecule has 0 heterocycles. The third kappa shape index (κ3) is 13.3. The molecule has 0 radical (unpaired) electrons. The van der Waals surface area contributed by atoms with E-state index in [2.05, 4.69) is 0 Å². The summed E-state index contributed by atoms with van der Waals surface area (Å²) in [5.74, 6) is -2.09. The lowest BCUT2D eigenvalue weighted by atomic mass is 9.92. The van der Waals surface area contributed by atoms with E-state index in [9.17, 15) is 19.2 Å². The molecule has 208 valence electrons. The van der Waals surface area contributed by atoms with Crippen LogP contribution in [0.4, 0.5) is 0 Å². The molecule has 0 saturated carbocycles. The minimum atomic E-state index is -1.02. The zero-order chi connectivity index (χ0) is 28.6. The summed E-state index contributed by atoms with van der Waals surface area (Å²) < 4.78 is 21.4. The van der Waals surface area contributed by atoms with Crippen LogP contribution >= 0.6 is 0 Å². The molecule has 0 unspecified atom stereocenters. The molecule has 1 rings (SSSR count). The van der Waals surface area contributed by atoms with Crippen LogP contribution < -0.4 is 15.2 Å². The highest BCUT2D eigenvalue weighted by atomic mass is 16.6. The molecule has 0 aromatic heterocycles. The van der Waals surface area contributed by atoms with Gasteiger partial charge in [0.05, 0.1) is 18.8 Å². The first-order chi connectivity index (χ1) is 16.9. The van der Waals surface area contributed by atoms with E-state index in [0.29, 0.717) is 5.56 Å². The van der Waals surface area contributed by atoms with E-state index in [0.717, 1.165) is 0 Å². The third-order valence-corrected chi connectivity index (χ3v) is 4.81. The second-order valence-corrected chi connectivity index (χ2v) is 12.0. The number of carbonyl (C=O) groups is 4. The van der Waals surface area contributed by atoms with Crippen LogP contribution in [-0.4, -0.2) is 42.6 Å². The fourth-order valence-corrected chi connectivity index (χ4v) is 3.05. The van der Waals surface area contributed by atoms with Crippen molar-refractivity contribution in [3.8, 4) is 11.5 Å². The van der Waals surface area contributed by atoms with Gasteiger partial charge in [-0.2, -0.15) is 0 Å². The van der Waals surface area contributed by atoms with Crippen molar-refractivity contribution in [2.45, 2.75) is 93.7 Å². The summed E-state index contributed by atoms with van der Waals surface area (Å²) in [5, 5.41) is 0. The number of hydrogen-bond donors (Lipinski definition) is 1. The summed E-state index contributed by atoms with van der Waals surface area (Å²) in [5.41, 5.74) is 6.05. The maximum atomic E-state index is 12.5. The van der Waals surface area contributed by atoms with Crippen molar-refractivity contribution in [2.75, 3.05) is 6.61 Å². The molecule has 9 heteroatoms. The summed E-state index contributed by atoms with van der Waals surface area (Å²) >= 11 is 0. The second-order valence-electron chi connectivity index (χ2n) is 12.0. The van der Waals surface area contributed by atoms with Crippen molar-refractivity contribution in [3.05, 3.63) is 23.8 Å². The Morgan fingerprint density at radius 3 is 1.81 bits per heavy atom. The number of ether oxygens (including phenoxy) is 4. The number of nitrogens with two attached hydrogens (primary N) is 1. The van der Waals surface area contributed by atoms with E-state index >= 15 is 0 Å². The fraction of sp³-hybridized carbons (Fsp3) is 0.643. The normalized spacial score (nSPS) is 13.5. The molecule has 0 aliphatic carbocycles. The smallest absolute Gasteiger partial charge is 0.323 e. The lowest BCUT2D eigenvalue weighted by Crippen LogP contribution is -2.37. The van der Waals surface area contributed by atoms with Gasteiger partial charge in [-0.1, -0.05) is 61.5 Å². The molecule has 0 aliphatic heterocycles. The maximum Gasteiger partial charge on any atom is 0.323 e. The average molecular weight is 522 g/mol. The number of benzene rings is 1. The summed E-state index contributed by atoms with van der Waals surface area (Å²) in [6, 6.07) is 3.67. The molecule has 1 aromatic carbocycles. The van der Waals surface area contributed by atoms with E-state index in [-0.39, 0.29) is 60.1 Å². The summed E-state index contributed by atoms with van der Waals surface area (Å²) in [6.45, 7) is 16.4. The van der Waals surface area contributed by atoms with Crippen molar-refractivity contribution in [1.29, 1.82) is 0 Å². The van der Waals surface area contributed by atoms with Gasteiger partial charge in [0.15, 0.2) is 11.5 Å². The molecule has 2 N–H and O–H groups in total. The predicted molar refractivity (Wildman–Crippen MR) is 139 cm³/mol. The first kappa shape index (κ1) is 32.1. The van der Waals surface area contributed by atoms with Crippen molar-refractivity contribution in [1.82, 2.24) is 0 Å². The molecule has 0 spiro atoms. The number of esters is 4. The van der Waals surface area contributed by atoms with Crippen LogP contribution in [0.2, 0.25) is 0 Å². The van der Waals surface area contributed by atoms with Crippen LogP contribution in [-0.2, 0) is 35.1 Å². The Morgan fingerprint density at radius 2 is 1.32 bits per heavy atom. The molecule has 1 aromatic rings. The van der Waals surface area contributed by atoms with Crippen molar-refractivity contribution in [3.63, 3.8) is 0 Å². The highest BCUT2D eigenvalue weighted by Gasteiger charge is 2.24. The van der Waals surface area contributed by atoms with Gasteiger partial charge in [-0.05, 0) is 41.9 Å². The van der Waals surface area contributed by atoms with Gasteiger partial charge in [0.2, 0.25) is 0 Å². The van der Waals surface area contributed by atoms with E-state index in [1.807, 2.05) is 41.5 Å². The minimum absolute atomic E-state index is 0.0714. The Kier molecular flexibility index (Phi) is 11.8. The Morgan fingerprint density at radius 1 is 0.811 bits per heavy atom. The van der Waals surface area contributed by atoms with Crippen molar-refractivity contribution in [2.24, 2.45) is 22.5 Å². The van der Waals surface area contributed by atoms with E-state index < -0.39 is 30.1 Å². The molecular weight excluding hydrogens is 478 g/mol. The van der Waals surface area contributed by atoms with Crippen LogP contribution in [0.1, 0.15) is 80.7 Å². The Bertz CT molecular complexity index is 956. The van der Waals surface area contributed by atoms with Crippen LogP contribution in [0.15, 0.2) is 18.2 Å². The van der Waals surface area contributed by atoms with Crippen LogP contribution in [0.25, 0.3) is 0 Å². The SMILES string of the molecule is CC(C)C(=O)OC[C@H](C)OC(=O)[C@@H](N)Cc1ccc(OC(=O)CC(C)(C)C)c(OC(=O)CC(C)(C)C)c1. The van der Waals surface area contributed by atoms with E-state index in [4.69, 9.17) is 24.7 Å². The number of carbonyl (C=O) groups excluding carboxylic acids is 4. The van der Waals surface area contributed by atoms with Crippen LogP contribution in [0, 0.1) is 16.7 Å². The molecule has 2 atom stereocenters. The van der Waals surface area contributed by atoms with Gasteiger partial charge in [-0.3, -0.25) is 19.2 Å². The number of hydrogen-bond acceptors (Lipinski definition) is 9. The highest BCUT2D eigenvalue weighted by Crippen LogP contribution is 2.32. The van der Waals surface area contributed by atoms with Crippen LogP contribution in [0.3, 0.4) is 0 Å². The molecular formula is C28H43NO8.